The number of alkyl halides is 1. The molecule has 0 bridgehead atoms. The zero-order chi connectivity index (χ0) is 7.28. The zero-order valence-corrected chi connectivity index (χ0v) is 8.24. The van der Waals surface area contributed by atoms with Crippen molar-refractivity contribution in [2.24, 2.45) is 5.92 Å². The van der Waals surface area contributed by atoms with Crippen molar-refractivity contribution in [2.75, 3.05) is 0 Å². The van der Waals surface area contributed by atoms with Gasteiger partial charge >= 0.3 is 0 Å². The molecule has 0 nitrogen and oxygen atoms in total. The normalized spacial score (nSPS) is 17.3. The molecule has 0 aliphatic carbocycles. The van der Waals surface area contributed by atoms with Gasteiger partial charge in [0, 0.05) is 4.83 Å². The van der Waals surface area contributed by atoms with Crippen LogP contribution in [0.4, 0.5) is 0 Å². The molecule has 0 aromatic carbocycles. The van der Waals surface area contributed by atoms with Gasteiger partial charge in [-0.1, -0.05) is 43.1 Å². The quantitative estimate of drug-likeness (QED) is 0.598. The summed E-state index contributed by atoms with van der Waals surface area (Å²) >= 11 is 3.64. The average molecular weight is 193 g/mol. The molecular formula is C8H17Br. The first-order valence-electron chi connectivity index (χ1n) is 3.86. The fourth-order valence-corrected chi connectivity index (χ4v) is 1.30. The highest BCUT2D eigenvalue weighted by Crippen LogP contribution is 2.20. The Morgan fingerprint density at radius 1 is 1.33 bits per heavy atom. The molecule has 0 saturated heterocycles. The Hall–Kier alpha value is 0.480. The lowest BCUT2D eigenvalue weighted by Crippen LogP contribution is -2.08. The standard InChI is InChI=1S/C8H17Br/c1-4-6-7(3)8(9)5-2/h7-8H,4-6H2,1-3H3/t7-,8?/m1/s1. The average Bonchev–Trinajstić information content (AvgIpc) is 1.87. The summed E-state index contributed by atoms with van der Waals surface area (Å²) in [5.74, 6) is 0.847. The molecule has 56 valence electrons. The van der Waals surface area contributed by atoms with E-state index in [4.69, 9.17) is 0 Å². The molecule has 0 amide bonds. The summed E-state index contributed by atoms with van der Waals surface area (Å²) in [4.78, 5) is 0.734. The van der Waals surface area contributed by atoms with E-state index in [2.05, 4.69) is 36.7 Å². The molecule has 1 heteroatoms. The van der Waals surface area contributed by atoms with Crippen LogP contribution in [0.5, 0.6) is 0 Å². The van der Waals surface area contributed by atoms with Gasteiger partial charge in [-0.05, 0) is 18.8 Å². The minimum Gasteiger partial charge on any atom is -0.0888 e. The fraction of sp³-hybridized carbons (Fsp3) is 1.00. The van der Waals surface area contributed by atoms with Crippen LogP contribution in [0.2, 0.25) is 0 Å². The lowest BCUT2D eigenvalue weighted by atomic mass is 10.0. The van der Waals surface area contributed by atoms with Crippen LogP contribution < -0.4 is 0 Å². The van der Waals surface area contributed by atoms with Crippen molar-refractivity contribution in [1.82, 2.24) is 0 Å². The number of halogens is 1. The SMILES string of the molecule is CCC[C@@H](C)C(Br)CC. The van der Waals surface area contributed by atoms with Crippen LogP contribution >= 0.6 is 15.9 Å². The second-order valence-electron chi connectivity index (χ2n) is 2.69. The Bertz CT molecular complexity index is 61.6. The van der Waals surface area contributed by atoms with Gasteiger partial charge in [-0.2, -0.15) is 0 Å². The van der Waals surface area contributed by atoms with Crippen molar-refractivity contribution in [3.05, 3.63) is 0 Å². The molecule has 2 atom stereocenters. The lowest BCUT2D eigenvalue weighted by molar-refractivity contribution is 0.499. The maximum absolute atomic E-state index is 3.64. The van der Waals surface area contributed by atoms with Gasteiger partial charge in [0.1, 0.15) is 0 Å². The first-order valence-corrected chi connectivity index (χ1v) is 4.78. The van der Waals surface area contributed by atoms with E-state index in [1.807, 2.05) is 0 Å². The largest absolute Gasteiger partial charge is 0.0888 e. The monoisotopic (exact) mass is 192 g/mol. The van der Waals surface area contributed by atoms with Crippen LogP contribution in [0, 0.1) is 5.92 Å². The number of hydrogen-bond donors (Lipinski definition) is 0. The minimum atomic E-state index is 0.734. The number of rotatable bonds is 4. The van der Waals surface area contributed by atoms with Crippen LogP contribution in [0.15, 0.2) is 0 Å². The molecule has 0 radical (unpaired) electrons. The molecule has 0 spiro atoms. The highest BCUT2D eigenvalue weighted by Gasteiger charge is 2.09. The molecule has 0 rings (SSSR count). The van der Waals surface area contributed by atoms with Crippen LogP contribution in [-0.4, -0.2) is 4.83 Å². The summed E-state index contributed by atoms with van der Waals surface area (Å²) < 4.78 is 0. The molecule has 0 N–H and O–H groups in total. The van der Waals surface area contributed by atoms with Crippen LogP contribution in [0.3, 0.4) is 0 Å². The van der Waals surface area contributed by atoms with E-state index in [0.717, 1.165) is 10.7 Å². The number of hydrogen-bond acceptors (Lipinski definition) is 0. The third-order valence-corrected chi connectivity index (χ3v) is 3.30. The van der Waals surface area contributed by atoms with Gasteiger partial charge in [0.2, 0.25) is 0 Å². The maximum Gasteiger partial charge on any atom is 0.0168 e. The van der Waals surface area contributed by atoms with Gasteiger partial charge in [0.15, 0.2) is 0 Å². The zero-order valence-electron chi connectivity index (χ0n) is 6.65. The molecule has 9 heavy (non-hydrogen) atoms. The third-order valence-electron chi connectivity index (χ3n) is 1.75. The third kappa shape index (κ3) is 3.96. The van der Waals surface area contributed by atoms with Crippen LogP contribution in [0.25, 0.3) is 0 Å². The van der Waals surface area contributed by atoms with Crippen molar-refractivity contribution in [3.63, 3.8) is 0 Å². The molecule has 0 heterocycles. The second-order valence-corrected chi connectivity index (χ2v) is 3.87. The van der Waals surface area contributed by atoms with Crippen molar-refractivity contribution in [3.8, 4) is 0 Å². The Morgan fingerprint density at radius 3 is 2.22 bits per heavy atom. The summed E-state index contributed by atoms with van der Waals surface area (Å²) in [6.07, 6.45) is 3.91. The topological polar surface area (TPSA) is 0 Å². The summed E-state index contributed by atoms with van der Waals surface area (Å²) in [7, 11) is 0. The molecule has 0 aliphatic heterocycles. The molecule has 0 saturated carbocycles. The summed E-state index contributed by atoms with van der Waals surface area (Å²) in [6, 6.07) is 0. The molecule has 0 aromatic heterocycles. The van der Waals surface area contributed by atoms with Gasteiger partial charge in [-0.3, -0.25) is 0 Å². The predicted molar refractivity (Wildman–Crippen MR) is 47.1 cm³/mol. The molecule has 0 aromatic rings. The Labute approximate surface area is 67.2 Å². The Morgan fingerprint density at radius 2 is 1.89 bits per heavy atom. The van der Waals surface area contributed by atoms with Gasteiger partial charge in [-0.15, -0.1) is 0 Å². The van der Waals surface area contributed by atoms with Crippen molar-refractivity contribution >= 4 is 15.9 Å². The second kappa shape index (κ2) is 5.28. The van der Waals surface area contributed by atoms with E-state index in [-0.39, 0.29) is 0 Å². The highest BCUT2D eigenvalue weighted by atomic mass is 79.9. The van der Waals surface area contributed by atoms with E-state index in [1.54, 1.807) is 0 Å². The molecular weight excluding hydrogens is 176 g/mol. The van der Waals surface area contributed by atoms with Gasteiger partial charge < -0.3 is 0 Å². The maximum atomic E-state index is 3.64. The van der Waals surface area contributed by atoms with Crippen molar-refractivity contribution in [2.45, 2.75) is 44.9 Å². The van der Waals surface area contributed by atoms with Crippen molar-refractivity contribution < 1.29 is 0 Å². The Kier molecular flexibility index (Phi) is 5.56. The summed E-state index contributed by atoms with van der Waals surface area (Å²) in [5, 5.41) is 0. The molecule has 1 unspecified atom stereocenters. The first-order chi connectivity index (χ1) is 4.22. The predicted octanol–water partition coefficient (Wildman–Crippen LogP) is 3.60. The van der Waals surface area contributed by atoms with Gasteiger partial charge in [0.25, 0.3) is 0 Å². The van der Waals surface area contributed by atoms with Gasteiger partial charge in [0.05, 0.1) is 0 Å². The molecule has 0 fully saturated rings. The summed E-state index contributed by atoms with van der Waals surface area (Å²) in [5.41, 5.74) is 0. The van der Waals surface area contributed by atoms with Crippen LogP contribution in [0.1, 0.15) is 40.0 Å². The van der Waals surface area contributed by atoms with E-state index in [9.17, 15) is 0 Å². The minimum absolute atomic E-state index is 0.734. The van der Waals surface area contributed by atoms with E-state index in [0.29, 0.717) is 0 Å². The van der Waals surface area contributed by atoms with Crippen LogP contribution in [-0.2, 0) is 0 Å². The molecule has 0 aliphatic rings. The Balaban J connectivity index is 3.32. The lowest BCUT2D eigenvalue weighted by Gasteiger charge is -2.14. The van der Waals surface area contributed by atoms with Gasteiger partial charge in [-0.25, -0.2) is 0 Å². The van der Waals surface area contributed by atoms with Crippen molar-refractivity contribution in [1.29, 1.82) is 0 Å². The fourth-order valence-electron chi connectivity index (χ4n) is 1.04. The van der Waals surface area contributed by atoms with E-state index in [1.165, 1.54) is 19.3 Å². The summed E-state index contributed by atoms with van der Waals surface area (Å²) in [6.45, 7) is 6.78. The first kappa shape index (κ1) is 9.48. The van der Waals surface area contributed by atoms with E-state index < -0.39 is 0 Å². The highest BCUT2D eigenvalue weighted by molar-refractivity contribution is 9.09. The van der Waals surface area contributed by atoms with E-state index >= 15 is 0 Å². The smallest absolute Gasteiger partial charge is 0.0168 e.